The lowest BCUT2D eigenvalue weighted by Crippen LogP contribution is -1.88. The highest BCUT2D eigenvalue weighted by molar-refractivity contribution is 7.19. The van der Waals surface area contributed by atoms with Gasteiger partial charge in [0.25, 0.3) is 5.69 Å². The van der Waals surface area contributed by atoms with Crippen molar-refractivity contribution in [3.63, 3.8) is 0 Å². The normalized spacial score (nSPS) is 11.0. The minimum Gasteiger partial charge on any atom is -0.497 e. The minimum absolute atomic E-state index is 0.0505. The molecule has 1 heterocycles. The van der Waals surface area contributed by atoms with E-state index >= 15 is 0 Å². The van der Waals surface area contributed by atoms with Crippen LogP contribution in [0.2, 0.25) is 0 Å². The summed E-state index contributed by atoms with van der Waals surface area (Å²) in [7, 11) is 1.64. The molecule has 0 radical (unpaired) electrons. The molecule has 0 spiro atoms. The van der Waals surface area contributed by atoms with E-state index in [1.54, 1.807) is 25.5 Å². The molecule has 30 heavy (non-hydrogen) atoms. The molecule has 1 aromatic heterocycles. The Labute approximate surface area is 177 Å². The summed E-state index contributed by atoms with van der Waals surface area (Å²) in [5, 5.41) is 11.4. The monoisotopic (exact) mass is 415 g/mol. The zero-order valence-corrected chi connectivity index (χ0v) is 16.9. The molecule has 6 nitrogen and oxygen atoms in total. The number of hydrogen-bond donors (Lipinski definition) is 0. The van der Waals surface area contributed by atoms with Gasteiger partial charge in [0.2, 0.25) is 5.13 Å². The molecule has 7 heteroatoms. The fraction of sp³-hybridized carbons (Fsp3) is 0.0435. The smallest absolute Gasteiger partial charge is 0.269 e. The van der Waals surface area contributed by atoms with E-state index in [2.05, 4.69) is 4.99 Å². The molecule has 0 atom stereocenters. The van der Waals surface area contributed by atoms with Gasteiger partial charge in [-0.25, -0.2) is 9.98 Å². The molecule has 0 aliphatic carbocycles. The van der Waals surface area contributed by atoms with Crippen LogP contribution in [0.3, 0.4) is 0 Å². The van der Waals surface area contributed by atoms with Gasteiger partial charge in [-0.1, -0.05) is 41.7 Å². The van der Waals surface area contributed by atoms with Crippen LogP contribution in [-0.4, -0.2) is 23.2 Å². The predicted molar refractivity (Wildman–Crippen MR) is 120 cm³/mol. The van der Waals surface area contributed by atoms with Crippen molar-refractivity contribution in [2.24, 2.45) is 4.99 Å². The first-order valence-electron chi connectivity index (χ1n) is 9.13. The molecule has 0 saturated heterocycles. The van der Waals surface area contributed by atoms with E-state index in [1.807, 2.05) is 54.6 Å². The van der Waals surface area contributed by atoms with Gasteiger partial charge in [0, 0.05) is 23.9 Å². The van der Waals surface area contributed by atoms with Gasteiger partial charge in [-0.05, 0) is 47.5 Å². The van der Waals surface area contributed by atoms with Gasteiger partial charge in [0.15, 0.2) is 0 Å². The first-order chi connectivity index (χ1) is 14.6. The molecule has 148 valence electrons. The second kappa shape index (κ2) is 8.67. The summed E-state index contributed by atoms with van der Waals surface area (Å²) >= 11 is 1.50. The standard InChI is InChI=1S/C23H17N3O3S/c1-29-20-13-9-17(10-14-20)21-22(18-5-3-2-4-6-18)30-23(25-21)24-15-16-7-11-19(12-8-16)26(27)28/h2-15H,1H3. The highest BCUT2D eigenvalue weighted by Crippen LogP contribution is 2.40. The number of aromatic nitrogens is 1. The lowest BCUT2D eigenvalue weighted by atomic mass is 10.1. The van der Waals surface area contributed by atoms with Crippen molar-refractivity contribution >= 4 is 28.4 Å². The number of thiazole rings is 1. The second-order valence-corrected chi connectivity index (χ2v) is 7.35. The average Bonchev–Trinajstić information content (AvgIpc) is 3.23. The molecule has 0 aliphatic heterocycles. The number of ether oxygens (including phenoxy) is 1. The maximum absolute atomic E-state index is 10.8. The molecule has 0 N–H and O–H groups in total. The van der Waals surface area contributed by atoms with Gasteiger partial charge in [-0.2, -0.15) is 0 Å². The number of nitro groups is 1. The Morgan fingerprint density at radius 3 is 2.30 bits per heavy atom. The summed E-state index contributed by atoms with van der Waals surface area (Å²) in [5.74, 6) is 0.784. The highest BCUT2D eigenvalue weighted by atomic mass is 32.1. The molecular weight excluding hydrogens is 398 g/mol. The van der Waals surface area contributed by atoms with Crippen LogP contribution < -0.4 is 4.74 Å². The Hall–Kier alpha value is -3.84. The molecule has 0 bridgehead atoms. The van der Waals surface area contributed by atoms with Crippen LogP contribution in [0.5, 0.6) is 5.75 Å². The Bertz CT molecular complexity index is 1180. The van der Waals surface area contributed by atoms with Crippen molar-refractivity contribution < 1.29 is 9.66 Å². The number of aliphatic imine (C=N–C) groups is 1. The third kappa shape index (κ3) is 4.26. The van der Waals surface area contributed by atoms with Gasteiger partial charge in [0.05, 0.1) is 22.6 Å². The lowest BCUT2D eigenvalue weighted by Gasteiger charge is -2.04. The van der Waals surface area contributed by atoms with Crippen molar-refractivity contribution in [3.8, 4) is 27.4 Å². The fourth-order valence-corrected chi connectivity index (χ4v) is 3.84. The SMILES string of the molecule is COc1ccc(-c2nc(N=Cc3ccc([N+](=O)[O-])cc3)sc2-c2ccccc2)cc1. The van der Waals surface area contributed by atoms with Crippen LogP contribution >= 0.6 is 11.3 Å². The van der Waals surface area contributed by atoms with Crippen molar-refractivity contribution in [2.45, 2.75) is 0 Å². The van der Waals surface area contributed by atoms with Crippen molar-refractivity contribution in [2.75, 3.05) is 7.11 Å². The predicted octanol–water partition coefficient (Wildman–Crippen LogP) is 6.14. The molecule has 0 amide bonds. The molecule has 0 unspecified atom stereocenters. The topological polar surface area (TPSA) is 77.6 Å². The van der Waals surface area contributed by atoms with Crippen LogP contribution in [0.1, 0.15) is 5.56 Å². The molecule has 0 fully saturated rings. The minimum atomic E-state index is -0.422. The number of nitro benzene ring substituents is 1. The van der Waals surface area contributed by atoms with Crippen LogP contribution in [0.4, 0.5) is 10.8 Å². The van der Waals surface area contributed by atoms with E-state index in [0.29, 0.717) is 5.13 Å². The maximum atomic E-state index is 10.8. The van der Waals surface area contributed by atoms with Crippen LogP contribution in [0, 0.1) is 10.1 Å². The molecule has 3 aromatic carbocycles. The number of hydrogen-bond acceptors (Lipinski definition) is 6. The van der Waals surface area contributed by atoms with Crippen LogP contribution in [0.15, 0.2) is 83.9 Å². The number of methoxy groups -OCH3 is 1. The van der Waals surface area contributed by atoms with E-state index in [1.165, 1.54) is 23.5 Å². The Kier molecular flexibility index (Phi) is 5.63. The summed E-state index contributed by atoms with van der Waals surface area (Å²) in [6.45, 7) is 0. The lowest BCUT2D eigenvalue weighted by molar-refractivity contribution is -0.384. The van der Waals surface area contributed by atoms with E-state index in [4.69, 9.17) is 9.72 Å². The second-order valence-electron chi connectivity index (χ2n) is 6.38. The van der Waals surface area contributed by atoms with E-state index in [-0.39, 0.29) is 5.69 Å². The van der Waals surface area contributed by atoms with Gasteiger partial charge >= 0.3 is 0 Å². The van der Waals surface area contributed by atoms with Crippen molar-refractivity contribution in [1.29, 1.82) is 0 Å². The quantitative estimate of drug-likeness (QED) is 0.215. The zero-order chi connectivity index (χ0) is 20.9. The largest absolute Gasteiger partial charge is 0.497 e. The van der Waals surface area contributed by atoms with E-state index in [9.17, 15) is 10.1 Å². The number of nitrogens with zero attached hydrogens (tertiary/aromatic N) is 3. The Morgan fingerprint density at radius 2 is 1.67 bits per heavy atom. The number of non-ortho nitro benzene ring substituents is 1. The summed E-state index contributed by atoms with van der Waals surface area (Å²) in [4.78, 5) is 20.6. The Morgan fingerprint density at radius 1 is 0.967 bits per heavy atom. The summed E-state index contributed by atoms with van der Waals surface area (Å²) < 4.78 is 5.25. The zero-order valence-electron chi connectivity index (χ0n) is 16.1. The fourth-order valence-electron chi connectivity index (χ4n) is 2.91. The first kappa shape index (κ1) is 19.5. The summed E-state index contributed by atoms with van der Waals surface area (Å²) in [6.07, 6.45) is 1.66. The Balaban J connectivity index is 1.70. The van der Waals surface area contributed by atoms with Gasteiger partial charge < -0.3 is 4.74 Å². The summed E-state index contributed by atoms with van der Waals surface area (Å²) in [6, 6.07) is 24.1. The maximum Gasteiger partial charge on any atom is 0.269 e. The van der Waals surface area contributed by atoms with E-state index in [0.717, 1.165) is 33.0 Å². The molecular formula is C23H17N3O3S. The average molecular weight is 415 g/mol. The molecule has 0 saturated carbocycles. The van der Waals surface area contributed by atoms with Crippen molar-refractivity contribution in [1.82, 2.24) is 4.98 Å². The van der Waals surface area contributed by atoms with Crippen molar-refractivity contribution in [3.05, 3.63) is 94.5 Å². The van der Waals surface area contributed by atoms with Gasteiger partial charge in [-0.15, -0.1) is 0 Å². The third-order valence-corrected chi connectivity index (χ3v) is 5.46. The highest BCUT2D eigenvalue weighted by Gasteiger charge is 2.14. The van der Waals surface area contributed by atoms with Crippen LogP contribution in [0.25, 0.3) is 21.7 Å². The van der Waals surface area contributed by atoms with Gasteiger partial charge in [-0.3, -0.25) is 10.1 Å². The van der Waals surface area contributed by atoms with Gasteiger partial charge in [0.1, 0.15) is 5.75 Å². The first-order valence-corrected chi connectivity index (χ1v) is 9.95. The number of benzene rings is 3. The molecule has 4 rings (SSSR count). The third-order valence-electron chi connectivity index (χ3n) is 4.44. The molecule has 0 aliphatic rings. The van der Waals surface area contributed by atoms with Crippen LogP contribution in [-0.2, 0) is 0 Å². The number of rotatable bonds is 6. The molecule has 4 aromatic rings. The van der Waals surface area contributed by atoms with E-state index < -0.39 is 4.92 Å². The summed E-state index contributed by atoms with van der Waals surface area (Å²) in [5.41, 5.74) is 3.71.